The summed E-state index contributed by atoms with van der Waals surface area (Å²) in [4.78, 5) is 0. The lowest BCUT2D eigenvalue weighted by molar-refractivity contribution is 0.858. The molecule has 0 N–H and O–H groups in total. The van der Waals surface area contributed by atoms with Crippen LogP contribution in [0.5, 0.6) is 0 Å². The maximum atomic E-state index is 2.35. The second kappa shape index (κ2) is 3.98. The molecule has 0 aliphatic heterocycles. The van der Waals surface area contributed by atoms with Gasteiger partial charge in [0.1, 0.15) is 0 Å². The van der Waals surface area contributed by atoms with Gasteiger partial charge in [0, 0.05) is 0 Å². The molecule has 1 spiro atoms. The lowest BCUT2D eigenvalue weighted by Crippen LogP contribution is -2.17. The molecule has 2 aliphatic rings. The summed E-state index contributed by atoms with van der Waals surface area (Å²) in [7, 11) is 0. The van der Waals surface area contributed by atoms with Crippen molar-refractivity contribution in [1.82, 2.24) is 0 Å². The lowest BCUT2D eigenvalue weighted by Gasteiger charge is -2.23. The van der Waals surface area contributed by atoms with Crippen LogP contribution in [0.1, 0.15) is 16.7 Å². The molecule has 3 aromatic rings. The molecular formula is C22H16. The summed E-state index contributed by atoms with van der Waals surface area (Å²) in [5.41, 5.74) is 6.88. The number of hydrogen-bond donors (Lipinski definition) is 0. The molecule has 0 aromatic heterocycles. The fourth-order valence-corrected chi connectivity index (χ4v) is 4.10. The lowest BCUT2D eigenvalue weighted by atomic mass is 9.79. The van der Waals surface area contributed by atoms with Crippen molar-refractivity contribution >= 4 is 10.8 Å². The quantitative estimate of drug-likeness (QED) is 0.507. The van der Waals surface area contributed by atoms with Crippen molar-refractivity contribution < 1.29 is 0 Å². The first-order valence-corrected chi connectivity index (χ1v) is 7.80. The highest BCUT2D eigenvalue weighted by atomic mass is 14.4. The van der Waals surface area contributed by atoms with Gasteiger partial charge in [-0.1, -0.05) is 84.5 Å². The highest BCUT2D eigenvalue weighted by Crippen LogP contribution is 2.54. The van der Waals surface area contributed by atoms with E-state index in [4.69, 9.17) is 0 Å². The number of benzene rings is 3. The molecule has 3 aromatic carbocycles. The van der Waals surface area contributed by atoms with Crippen LogP contribution < -0.4 is 0 Å². The molecule has 22 heavy (non-hydrogen) atoms. The first-order chi connectivity index (χ1) is 10.8. The van der Waals surface area contributed by atoms with Gasteiger partial charge in [0.25, 0.3) is 0 Å². The molecule has 104 valence electrons. The molecule has 0 unspecified atom stereocenters. The molecule has 0 bridgehead atoms. The smallest absolute Gasteiger partial charge is 0.0581 e. The zero-order valence-corrected chi connectivity index (χ0v) is 12.5. The van der Waals surface area contributed by atoms with Crippen LogP contribution in [0.3, 0.4) is 0 Å². The van der Waals surface area contributed by atoms with E-state index in [-0.39, 0.29) is 5.41 Å². The topological polar surface area (TPSA) is 0 Å². The minimum Gasteiger partial charge on any atom is -0.0658 e. The number of rotatable bonds is 0. The van der Waals surface area contributed by atoms with Crippen LogP contribution in [-0.4, -0.2) is 0 Å². The van der Waals surface area contributed by atoms with Gasteiger partial charge < -0.3 is 0 Å². The predicted molar refractivity (Wildman–Crippen MR) is 93.2 cm³/mol. The van der Waals surface area contributed by atoms with E-state index in [0.29, 0.717) is 0 Å². The first-order valence-electron chi connectivity index (χ1n) is 7.80. The second-order valence-electron chi connectivity index (χ2n) is 6.35. The van der Waals surface area contributed by atoms with E-state index >= 15 is 0 Å². The van der Waals surface area contributed by atoms with Crippen LogP contribution >= 0.6 is 0 Å². The zero-order valence-electron chi connectivity index (χ0n) is 12.5. The average molecular weight is 280 g/mol. The molecule has 0 radical (unpaired) electrons. The predicted octanol–water partition coefficient (Wildman–Crippen LogP) is 5.54. The normalized spacial score (nSPS) is 16.4. The Balaban J connectivity index is 2.00. The van der Waals surface area contributed by atoms with Gasteiger partial charge in [-0.25, -0.2) is 0 Å². The van der Waals surface area contributed by atoms with E-state index in [1.165, 1.54) is 38.6 Å². The first kappa shape index (κ1) is 12.0. The van der Waals surface area contributed by atoms with Crippen LogP contribution in [0.25, 0.3) is 21.9 Å². The van der Waals surface area contributed by atoms with Crippen molar-refractivity contribution in [3.63, 3.8) is 0 Å². The van der Waals surface area contributed by atoms with Gasteiger partial charge >= 0.3 is 0 Å². The number of fused-ring (bicyclic) bond motifs is 7. The molecule has 0 amide bonds. The van der Waals surface area contributed by atoms with Crippen molar-refractivity contribution in [2.24, 2.45) is 0 Å². The highest BCUT2D eigenvalue weighted by Gasteiger charge is 2.41. The van der Waals surface area contributed by atoms with Gasteiger partial charge in [-0.2, -0.15) is 0 Å². The third-order valence-electron chi connectivity index (χ3n) is 5.09. The molecule has 0 nitrogen and oxygen atoms in total. The van der Waals surface area contributed by atoms with E-state index < -0.39 is 0 Å². The van der Waals surface area contributed by atoms with E-state index in [0.717, 1.165) is 0 Å². The zero-order chi connectivity index (χ0) is 14.7. The van der Waals surface area contributed by atoms with Crippen LogP contribution in [0, 0.1) is 6.92 Å². The highest BCUT2D eigenvalue weighted by molar-refractivity contribution is 6.03. The Bertz CT molecular complexity index is 974. The Kier molecular flexibility index (Phi) is 2.17. The van der Waals surface area contributed by atoms with Gasteiger partial charge in [0.15, 0.2) is 0 Å². The molecule has 5 rings (SSSR count). The van der Waals surface area contributed by atoms with E-state index in [1.807, 2.05) is 0 Å². The van der Waals surface area contributed by atoms with Gasteiger partial charge in [-0.15, -0.1) is 0 Å². The Labute approximate surface area is 130 Å². The average Bonchev–Trinajstić information content (AvgIpc) is 3.14. The third-order valence-corrected chi connectivity index (χ3v) is 5.09. The monoisotopic (exact) mass is 280 g/mol. The SMILES string of the molecule is Cc1ccc2c(c1)C1(C=CC=C1)c1ccc3ccccc3c1-2. The Morgan fingerprint density at radius 1 is 0.773 bits per heavy atom. The number of aryl methyl sites for hydroxylation is 1. The van der Waals surface area contributed by atoms with Crippen LogP contribution in [0.15, 0.2) is 78.9 Å². The molecule has 0 fully saturated rings. The van der Waals surface area contributed by atoms with Crippen LogP contribution in [0.4, 0.5) is 0 Å². The van der Waals surface area contributed by atoms with Crippen LogP contribution in [-0.2, 0) is 5.41 Å². The number of hydrogen-bond acceptors (Lipinski definition) is 0. The van der Waals surface area contributed by atoms with Gasteiger partial charge in [-0.05, 0) is 39.9 Å². The van der Waals surface area contributed by atoms with Crippen LogP contribution in [0.2, 0.25) is 0 Å². The van der Waals surface area contributed by atoms with Gasteiger partial charge in [0.05, 0.1) is 5.41 Å². The van der Waals surface area contributed by atoms with Crippen molar-refractivity contribution in [2.75, 3.05) is 0 Å². The Morgan fingerprint density at radius 3 is 2.45 bits per heavy atom. The summed E-state index contributed by atoms with van der Waals surface area (Å²) >= 11 is 0. The fourth-order valence-electron chi connectivity index (χ4n) is 4.10. The van der Waals surface area contributed by atoms with E-state index in [9.17, 15) is 0 Å². The molecule has 0 heterocycles. The second-order valence-corrected chi connectivity index (χ2v) is 6.35. The van der Waals surface area contributed by atoms with Crippen molar-refractivity contribution in [2.45, 2.75) is 12.3 Å². The maximum Gasteiger partial charge on any atom is 0.0581 e. The largest absolute Gasteiger partial charge is 0.0658 e. The van der Waals surface area contributed by atoms with Gasteiger partial charge in [-0.3, -0.25) is 0 Å². The van der Waals surface area contributed by atoms with Crippen molar-refractivity contribution in [3.05, 3.63) is 95.6 Å². The van der Waals surface area contributed by atoms with E-state index in [1.54, 1.807) is 0 Å². The van der Waals surface area contributed by atoms with Crippen molar-refractivity contribution in [1.29, 1.82) is 0 Å². The summed E-state index contributed by atoms with van der Waals surface area (Å²) in [6.45, 7) is 2.18. The Hall–Kier alpha value is -2.60. The molecule has 0 saturated heterocycles. The molecule has 0 atom stereocenters. The minimum atomic E-state index is -0.0687. The maximum absolute atomic E-state index is 2.35. The Morgan fingerprint density at radius 2 is 1.59 bits per heavy atom. The van der Waals surface area contributed by atoms with Gasteiger partial charge in [0.2, 0.25) is 0 Å². The van der Waals surface area contributed by atoms with Crippen molar-refractivity contribution in [3.8, 4) is 11.1 Å². The standard InChI is InChI=1S/C22H16/c1-15-8-10-18-20(14-15)22(12-4-5-13-22)19-11-9-16-6-2-3-7-17(16)21(18)19/h2-14H,1H3. The minimum absolute atomic E-state index is 0.0687. The third kappa shape index (κ3) is 1.33. The summed E-state index contributed by atoms with van der Waals surface area (Å²) in [5, 5.41) is 2.67. The summed E-state index contributed by atoms with van der Waals surface area (Å²) in [6, 6.07) is 20.2. The van der Waals surface area contributed by atoms with E-state index in [2.05, 4.69) is 85.8 Å². The molecule has 0 heteroatoms. The summed E-state index contributed by atoms with van der Waals surface area (Å²) in [5.74, 6) is 0. The molecule has 0 saturated carbocycles. The summed E-state index contributed by atoms with van der Waals surface area (Å²) < 4.78 is 0. The number of allylic oxidation sites excluding steroid dienone is 4. The molecular weight excluding hydrogens is 264 g/mol. The fraction of sp³-hybridized carbons (Fsp3) is 0.0909. The molecule has 2 aliphatic carbocycles. The summed E-state index contributed by atoms with van der Waals surface area (Å²) in [6.07, 6.45) is 9.03.